The largest absolute Gasteiger partial charge is 0.497 e. The molecule has 0 bridgehead atoms. The maximum atomic E-state index is 12.9. The van der Waals surface area contributed by atoms with Crippen molar-refractivity contribution in [2.24, 2.45) is 0 Å². The molecule has 0 saturated heterocycles. The molecular weight excluding hydrogens is 532 g/mol. The van der Waals surface area contributed by atoms with Crippen LogP contribution in [-0.2, 0) is 15.6 Å². The van der Waals surface area contributed by atoms with Gasteiger partial charge in [0.05, 0.1) is 19.1 Å². The number of anilines is 1. The Kier molecular flexibility index (Phi) is 12.2. The Bertz CT molecular complexity index is 1270. The number of hydrogen-bond donors (Lipinski definition) is 1. The van der Waals surface area contributed by atoms with E-state index in [0.717, 1.165) is 61.2 Å². The zero-order valence-corrected chi connectivity index (χ0v) is 26.2. The predicted molar refractivity (Wildman–Crippen MR) is 170 cm³/mol. The summed E-state index contributed by atoms with van der Waals surface area (Å²) in [4.78, 5) is 2.37. The number of unbranched alkanes of at least 4 members (excludes halogenated alkanes) is 2. The molecule has 3 rings (SSSR count). The van der Waals surface area contributed by atoms with Gasteiger partial charge in [-0.05, 0) is 73.3 Å². The number of rotatable bonds is 17. The molecule has 0 heterocycles. The van der Waals surface area contributed by atoms with Crippen molar-refractivity contribution in [1.82, 2.24) is 4.90 Å². The Hall–Kier alpha value is -2.87. The van der Waals surface area contributed by atoms with Gasteiger partial charge < -0.3 is 14.7 Å². The highest BCUT2D eigenvalue weighted by molar-refractivity contribution is 7.92. The molecule has 0 spiro atoms. The van der Waals surface area contributed by atoms with Gasteiger partial charge in [-0.2, -0.15) is 0 Å². The van der Waals surface area contributed by atoms with Crippen LogP contribution in [0.5, 0.6) is 5.75 Å². The molecule has 0 aromatic heterocycles. The molecule has 2 unspecified atom stereocenters. The molecule has 0 aliphatic carbocycles. The van der Waals surface area contributed by atoms with E-state index in [1.165, 1.54) is 10.6 Å². The Morgan fingerprint density at radius 3 is 1.83 bits per heavy atom. The van der Waals surface area contributed by atoms with Crippen molar-refractivity contribution in [3.63, 3.8) is 0 Å². The number of hydrogen-bond acceptors (Lipinski definition) is 5. The van der Waals surface area contributed by atoms with E-state index in [9.17, 15) is 13.5 Å². The Balaban J connectivity index is 1.98. The van der Waals surface area contributed by atoms with Gasteiger partial charge in [-0.3, -0.25) is 4.31 Å². The lowest BCUT2D eigenvalue weighted by atomic mass is 9.72. The van der Waals surface area contributed by atoms with Crippen molar-refractivity contribution in [1.29, 1.82) is 0 Å². The van der Waals surface area contributed by atoms with E-state index in [1.54, 1.807) is 7.11 Å². The summed E-state index contributed by atoms with van der Waals surface area (Å²) in [6.07, 6.45) is 6.38. The second-order valence-corrected chi connectivity index (χ2v) is 12.7. The van der Waals surface area contributed by atoms with E-state index in [4.69, 9.17) is 4.74 Å². The van der Waals surface area contributed by atoms with Crippen LogP contribution in [0.2, 0.25) is 0 Å². The van der Waals surface area contributed by atoms with Crippen LogP contribution < -0.4 is 9.04 Å². The first-order valence-electron chi connectivity index (χ1n) is 14.9. The van der Waals surface area contributed by atoms with E-state index < -0.39 is 15.6 Å². The summed E-state index contributed by atoms with van der Waals surface area (Å²) in [5, 5.41) is 12.6. The molecular formula is C34H48N2O4S. The normalized spacial score (nSPS) is 14.0. The first kappa shape index (κ1) is 32.6. The molecule has 41 heavy (non-hydrogen) atoms. The molecule has 0 radical (unpaired) electrons. The lowest BCUT2D eigenvalue weighted by molar-refractivity contribution is 0.0476. The summed E-state index contributed by atoms with van der Waals surface area (Å²) in [7, 11) is -1.85. The SMILES string of the molecule is CCCCN(CCCC)CCN(c1ccc(C(O)(c2ccccc2)C(CC)c2ccc(OC)cc2)cc1)S(C)(=O)=O. The van der Waals surface area contributed by atoms with Crippen LogP contribution in [0.25, 0.3) is 0 Å². The zero-order chi connectivity index (χ0) is 29.9. The molecule has 7 heteroatoms. The minimum Gasteiger partial charge on any atom is -0.497 e. The summed E-state index contributed by atoms with van der Waals surface area (Å²) >= 11 is 0. The van der Waals surface area contributed by atoms with Crippen LogP contribution in [-0.4, -0.2) is 58.0 Å². The molecule has 2 atom stereocenters. The minimum atomic E-state index is -3.49. The lowest BCUT2D eigenvalue weighted by Gasteiger charge is -2.38. The fourth-order valence-corrected chi connectivity index (χ4v) is 6.49. The third-order valence-electron chi connectivity index (χ3n) is 7.92. The van der Waals surface area contributed by atoms with Crippen molar-refractivity contribution >= 4 is 15.7 Å². The smallest absolute Gasteiger partial charge is 0.232 e. The summed E-state index contributed by atoms with van der Waals surface area (Å²) in [6, 6.07) is 24.9. The van der Waals surface area contributed by atoms with Gasteiger partial charge in [-0.15, -0.1) is 0 Å². The van der Waals surface area contributed by atoms with Crippen molar-refractivity contribution < 1.29 is 18.3 Å². The molecule has 224 valence electrons. The molecule has 1 N–H and O–H groups in total. The molecule has 6 nitrogen and oxygen atoms in total. The second kappa shape index (κ2) is 15.4. The average Bonchev–Trinajstić information content (AvgIpc) is 2.99. The summed E-state index contributed by atoms with van der Waals surface area (Å²) in [6.45, 7) is 9.44. The van der Waals surface area contributed by atoms with Gasteiger partial charge in [0.15, 0.2) is 0 Å². The highest BCUT2D eigenvalue weighted by atomic mass is 32.2. The van der Waals surface area contributed by atoms with Gasteiger partial charge in [0.2, 0.25) is 10.0 Å². The van der Waals surface area contributed by atoms with Crippen LogP contribution >= 0.6 is 0 Å². The molecule has 3 aromatic rings. The number of sulfonamides is 1. The molecule has 0 amide bonds. The van der Waals surface area contributed by atoms with Gasteiger partial charge in [0.25, 0.3) is 0 Å². The van der Waals surface area contributed by atoms with Gasteiger partial charge in [-0.25, -0.2) is 8.42 Å². The molecule has 3 aromatic carbocycles. The van der Waals surface area contributed by atoms with Crippen molar-refractivity contribution in [3.8, 4) is 5.75 Å². The number of ether oxygens (including phenoxy) is 1. The van der Waals surface area contributed by atoms with E-state index in [1.807, 2.05) is 78.9 Å². The van der Waals surface area contributed by atoms with E-state index in [2.05, 4.69) is 25.7 Å². The lowest BCUT2D eigenvalue weighted by Crippen LogP contribution is -2.39. The fourth-order valence-electron chi connectivity index (χ4n) is 5.57. The van der Waals surface area contributed by atoms with Crippen molar-refractivity contribution in [3.05, 3.63) is 95.6 Å². The Morgan fingerprint density at radius 1 is 0.780 bits per heavy atom. The Morgan fingerprint density at radius 2 is 1.34 bits per heavy atom. The number of methoxy groups -OCH3 is 1. The topological polar surface area (TPSA) is 70.1 Å². The summed E-state index contributed by atoms with van der Waals surface area (Å²) in [5.41, 5.74) is 1.79. The van der Waals surface area contributed by atoms with Crippen LogP contribution in [0.15, 0.2) is 78.9 Å². The fraction of sp³-hybridized carbons (Fsp3) is 0.471. The molecule has 0 aliphatic rings. The number of nitrogens with zero attached hydrogens (tertiary/aromatic N) is 2. The maximum Gasteiger partial charge on any atom is 0.232 e. The second-order valence-electron chi connectivity index (χ2n) is 10.8. The standard InChI is InChI=1S/C34H48N2O4S/c1-6-9-24-35(25-10-7-2)26-27-36(41(5,38)39)31-20-18-30(19-21-31)34(37,29-14-12-11-13-15-29)33(8-3)28-16-22-32(40-4)23-17-28/h11-23,33,37H,6-10,24-27H2,1-5H3. The predicted octanol–water partition coefficient (Wildman–Crippen LogP) is 6.79. The quantitative estimate of drug-likeness (QED) is 0.190. The van der Waals surface area contributed by atoms with Crippen LogP contribution in [0.4, 0.5) is 5.69 Å². The van der Waals surface area contributed by atoms with Crippen LogP contribution in [0, 0.1) is 0 Å². The van der Waals surface area contributed by atoms with Gasteiger partial charge in [-0.1, -0.05) is 88.2 Å². The molecule has 0 fully saturated rings. The first-order valence-corrected chi connectivity index (χ1v) is 16.8. The molecule has 0 saturated carbocycles. The third-order valence-corrected chi connectivity index (χ3v) is 9.11. The zero-order valence-electron chi connectivity index (χ0n) is 25.4. The molecule has 0 aliphatic heterocycles. The summed E-state index contributed by atoms with van der Waals surface area (Å²) in [5.74, 6) is 0.526. The summed E-state index contributed by atoms with van der Waals surface area (Å²) < 4.78 is 32.7. The number of benzene rings is 3. The van der Waals surface area contributed by atoms with Gasteiger partial charge in [0, 0.05) is 19.0 Å². The average molecular weight is 581 g/mol. The third kappa shape index (κ3) is 8.34. The van der Waals surface area contributed by atoms with Gasteiger partial charge >= 0.3 is 0 Å². The Labute approximate surface area is 248 Å². The first-order chi connectivity index (χ1) is 19.7. The van der Waals surface area contributed by atoms with E-state index >= 15 is 0 Å². The van der Waals surface area contributed by atoms with Crippen LogP contribution in [0.1, 0.15) is 75.5 Å². The maximum absolute atomic E-state index is 12.9. The highest BCUT2D eigenvalue weighted by Gasteiger charge is 2.40. The van der Waals surface area contributed by atoms with E-state index in [0.29, 0.717) is 25.2 Å². The highest BCUT2D eigenvalue weighted by Crippen LogP contribution is 2.45. The van der Waals surface area contributed by atoms with E-state index in [-0.39, 0.29) is 5.92 Å². The number of aliphatic hydroxyl groups is 1. The van der Waals surface area contributed by atoms with Gasteiger partial charge in [0.1, 0.15) is 11.4 Å². The van der Waals surface area contributed by atoms with Crippen molar-refractivity contribution in [2.75, 3.05) is 43.8 Å². The van der Waals surface area contributed by atoms with Crippen molar-refractivity contribution in [2.45, 2.75) is 64.4 Å². The monoisotopic (exact) mass is 580 g/mol. The van der Waals surface area contributed by atoms with Crippen LogP contribution in [0.3, 0.4) is 0 Å². The minimum absolute atomic E-state index is 0.238.